The van der Waals surface area contributed by atoms with Gasteiger partial charge in [-0.25, -0.2) is 13.8 Å². The van der Waals surface area contributed by atoms with E-state index in [4.69, 9.17) is 23.2 Å². The van der Waals surface area contributed by atoms with Gasteiger partial charge in [0.25, 0.3) is 5.91 Å². The number of rotatable bonds is 2. The second-order valence-corrected chi connectivity index (χ2v) is 4.76. The number of aryl methyl sites for hydroxylation is 1. The summed E-state index contributed by atoms with van der Waals surface area (Å²) in [7, 11) is 0. The molecule has 0 atom stereocenters. The van der Waals surface area contributed by atoms with Crippen LogP contribution in [0.3, 0.4) is 0 Å². The number of amides is 1. The van der Waals surface area contributed by atoms with E-state index in [2.05, 4.69) is 10.3 Å². The molecular formula is C13H8Cl2F2N2O. The number of hydrogen-bond acceptors (Lipinski definition) is 2. The van der Waals surface area contributed by atoms with E-state index in [-0.39, 0.29) is 10.2 Å². The average molecular weight is 317 g/mol. The highest BCUT2D eigenvalue weighted by Gasteiger charge is 2.16. The lowest BCUT2D eigenvalue weighted by atomic mass is 10.2. The first-order valence-electron chi connectivity index (χ1n) is 5.47. The molecule has 104 valence electrons. The van der Waals surface area contributed by atoms with Gasteiger partial charge in [-0.2, -0.15) is 0 Å². The van der Waals surface area contributed by atoms with Gasteiger partial charge in [-0.1, -0.05) is 23.2 Å². The van der Waals surface area contributed by atoms with E-state index in [0.717, 1.165) is 12.1 Å². The number of carbonyl (C=O) groups excluding carboxylic acids is 1. The quantitative estimate of drug-likeness (QED) is 0.665. The smallest absolute Gasteiger partial charge is 0.258 e. The summed E-state index contributed by atoms with van der Waals surface area (Å²) in [5.74, 6) is -2.58. The Kier molecular flexibility index (Phi) is 4.20. The minimum absolute atomic E-state index is 0.268. The molecule has 7 heteroatoms. The highest BCUT2D eigenvalue weighted by molar-refractivity contribution is 6.31. The van der Waals surface area contributed by atoms with Crippen molar-refractivity contribution in [2.75, 3.05) is 5.32 Å². The molecule has 1 amide bonds. The van der Waals surface area contributed by atoms with E-state index in [0.29, 0.717) is 11.4 Å². The molecule has 0 aliphatic heterocycles. The standard InChI is InChI=1S/C13H8Cl2F2N2O/c1-6-11(2-3-12(15)18-6)19-13(20)7-4-10(17)8(14)5-9(7)16/h2-5H,1H3,(H,19,20). The van der Waals surface area contributed by atoms with Gasteiger partial charge < -0.3 is 5.32 Å². The van der Waals surface area contributed by atoms with Crippen molar-refractivity contribution in [1.29, 1.82) is 0 Å². The molecule has 0 spiro atoms. The van der Waals surface area contributed by atoms with Gasteiger partial charge in [0.2, 0.25) is 0 Å². The largest absolute Gasteiger partial charge is 0.320 e. The van der Waals surface area contributed by atoms with E-state index in [1.165, 1.54) is 12.1 Å². The van der Waals surface area contributed by atoms with Crippen LogP contribution in [0.25, 0.3) is 0 Å². The second-order valence-electron chi connectivity index (χ2n) is 3.97. The fraction of sp³-hybridized carbons (Fsp3) is 0.0769. The van der Waals surface area contributed by atoms with Gasteiger partial charge in [0.05, 0.1) is 22.0 Å². The lowest BCUT2D eigenvalue weighted by molar-refractivity contribution is 0.102. The molecule has 1 aromatic heterocycles. The number of anilines is 1. The zero-order chi connectivity index (χ0) is 14.9. The first kappa shape index (κ1) is 14.7. The van der Waals surface area contributed by atoms with Gasteiger partial charge >= 0.3 is 0 Å². The summed E-state index contributed by atoms with van der Waals surface area (Å²) in [6, 6.07) is 4.49. The summed E-state index contributed by atoms with van der Waals surface area (Å²) in [6.07, 6.45) is 0. The Balaban J connectivity index is 2.31. The van der Waals surface area contributed by atoms with Crippen molar-refractivity contribution in [2.24, 2.45) is 0 Å². The van der Waals surface area contributed by atoms with Crippen molar-refractivity contribution in [3.8, 4) is 0 Å². The van der Waals surface area contributed by atoms with Crippen molar-refractivity contribution < 1.29 is 13.6 Å². The molecule has 0 saturated heterocycles. The monoisotopic (exact) mass is 316 g/mol. The van der Waals surface area contributed by atoms with Crippen LogP contribution in [0.2, 0.25) is 10.2 Å². The van der Waals surface area contributed by atoms with Crippen LogP contribution < -0.4 is 5.32 Å². The maximum atomic E-state index is 13.6. The van der Waals surface area contributed by atoms with Crippen LogP contribution in [0, 0.1) is 18.6 Å². The van der Waals surface area contributed by atoms with Crippen molar-refractivity contribution in [3.63, 3.8) is 0 Å². The summed E-state index contributed by atoms with van der Waals surface area (Å²) < 4.78 is 26.9. The predicted octanol–water partition coefficient (Wildman–Crippen LogP) is 4.23. The fourth-order valence-electron chi connectivity index (χ4n) is 1.55. The molecule has 0 fully saturated rings. The zero-order valence-corrected chi connectivity index (χ0v) is 11.7. The van der Waals surface area contributed by atoms with Crippen LogP contribution in [-0.4, -0.2) is 10.9 Å². The average Bonchev–Trinajstić information content (AvgIpc) is 2.37. The third kappa shape index (κ3) is 3.05. The van der Waals surface area contributed by atoms with Crippen LogP contribution >= 0.6 is 23.2 Å². The molecule has 2 aromatic rings. The van der Waals surface area contributed by atoms with Gasteiger partial charge in [-0.3, -0.25) is 4.79 Å². The number of carbonyl (C=O) groups is 1. The molecule has 0 unspecified atom stereocenters. The molecule has 0 aliphatic rings. The van der Waals surface area contributed by atoms with Gasteiger partial charge in [0.15, 0.2) is 0 Å². The maximum Gasteiger partial charge on any atom is 0.258 e. The molecule has 3 nitrogen and oxygen atoms in total. The van der Waals surface area contributed by atoms with Crippen molar-refractivity contribution >= 4 is 34.8 Å². The molecule has 0 bridgehead atoms. The van der Waals surface area contributed by atoms with E-state index < -0.39 is 23.1 Å². The molecule has 0 radical (unpaired) electrons. The lowest BCUT2D eigenvalue weighted by Crippen LogP contribution is -2.15. The van der Waals surface area contributed by atoms with Gasteiger partial charge in [0.1, 0.15) is 16.8 Å². The van der Waals surface area contributed by atoms with Crippen molar-refractivity contribution in [2.45, 2.75) is 6.92 Å². The number of nitrogens with one attached hydrogen (secondary N) is 1. The Morgan fingerprint density at radius 3 is 2.55 bits per heavy atom. The molecule has 1 aromatic carbocycles. The first-order valence-corrected chi connectivity index (χ1v) is 6.23. The number of aromatic nitrogens is 1. The van der Waals surface area contributed by atoms with E-state index in [1.54, 1.807) is 6.92 Å². The Morgan fingerprint density at radius 1 is 1.20 bits per heavy atom. The first-order chi connectivity index (χ1) is 9.38. The van der Waals surface area contributed by atoms with Crippen molar-refractivity contribution in [3.05, 3.63) is 57.3 Å². The Labute approximate surface area is 123 Å². The minimum atomic E-state index is -0.909. The Bertz CT molecular complexity index is 692. The highest BCUT2D eigenvalue weighted by atomic mass is 35.5. The third-order valence-corrected chi connectivity index (χ3v) is 3.05. The molecule has 0 saturated carbocycles. The summed E-state index contributed by atoms with van der Waals surface area (Å²) in [6.45, 7) is 1.63. The number of nitrogens with zero attached hydrogens (tertiary/aromatic N) is 1. The minimum Gasteiger partial charge on any atom is -0.320 e. The van der Waals surface area contributed by atoms with Gasteiger partial charge in [0, 0.05) is 0 Å². The fourth-order valence-corrected chi connectivity index (χ4v) is 1.89. The van der Waals surface area contributed by atoms with Crippen LogP contribution in [0.5, 0.6) is 0 Å². The molecule has 2 rings (SSSR count). The zero-order valence-electron chi connectivity index (χ0n) is 10.2. The predicted molar refractivity (Wildman–Crippen MR) is 73.3 cm³/mol. The summed E-state index contributed by atoms with van der Waals surface area (Å²) in [4.78, 5) is 15.9. The SMILES string of the molecule is Cc1nc(Cl)ccc1NC(=O)c1cc(F)c(Cl)cc1F. The normalized spacial score (nSPS) is 10.4. The van der Waals surface area contributed by atoms with Crippen LogP contribution in [0.15, 0.2) is 24.3 Å². The van der Waals surface area contributed by atoms with E-state index >= 15 is 0 Å². The Hall–Kier alpha value is -1.72. The Morgan fingerprint density at radius 2 is 1.90 bits per heavy atom. The van der Waals surface area contributed by atoms with Crippen LogP contribution in [0.4, 0.5) is 14.5 Å². The summed E-state index contributed by atoms with van der Waals surface area (Å²) >= 11 is 11.1. The summed E-state index contributed by atoms with van der Waals surface area (Å²) in [5, 5.41) is 2.31. The second kappa shape index (κ2) is 5.73. The molecule has 0 aliphatic carbocycles. The highest BCUT2D eigenvalue weighted by Crippen LogP contribution is 2.21. The van der Waals surface area contributed by atoms with Gasteiger partial charge in [-0.15, -0.1) is 0 Å². The molecular weight excluding hydrogens is 309 g/mol. The lowest BCUT2D eigenvalue weighted by Gasteiger charge is -2.09. The van der Waals surface area contributed by atoms with E-state index in [9.17, 15) is 13.6 Å². The number of halogens is 4. The summed E-state index contributed by atoms with van der Waals surface area (Å²) in [5.41, 5.74) is 0.371. The van der Waals surface area contributed by atoms with Crippen LogP contribution in [-0.2, 0) is 0 Å². The van der Waals surface area contributed by atoms with Crippen molar-refractivity contribution in [1.82, 2.24) is 4.98 Å². The molecule has 1 heterocycles. The van der Waals surface area contributed by atoms with Gasteiger partial charge in [-0.05, 0) is 31.2 Å². The number of hydrogen-bond donors (Lipinski definition) is 1. The molecule has 20 heavy (non-hydrogen) atoms. The number of pyridine rings is 1. The number of benzene rings is 1. The topological polar surface area (TPSA) is 42.0 Å². The molecule has 1 N–H and O–H groups in total. The van der Waals surface area contributed by atoms with Crippen LogP contribution in [0.1, 0.15) is 16.1 Å². The maximum absolute atomic E-state index is 13.6. The third-order valence-electron chi connectivity index (χ3n) is 2.55. The van der Waals surface area contributed by atoms with E-state index in [1.807, 2.05) is 0 Å².